The van der Waals surface area contributed by atoms with Crippen LogP contribution in [0.15, 0.2) is 32.9 Å². The van der Waals surface area contributed by atoms with E-state index in [9.17, 15) is 19.5 Å². The Balaban J connectivity index is 1.78. The highest BCUT2D eigenvalue weighted by Gasteiger charge is 2.36. The van der Waals surface area contributed by atoms with Crippen molar-refractivity contribution in [2.75, 3.05) is 14.2 Å². The van der Waals surface area contributed by atoms with Crippen molar-refractivity contribution in [1.29, 1.82) is 0 Å². The first kappa shape index (κ1) is 22.6. The SMILES string of the molecule is COc1ccc(C2CC(c3c(O)n(C4CCCCC4)c(=O)[nH]c3=O)=NN2C(C)=O)c(OC)c1. The number of hydrogen-bond donors (Lipinski definition) is 2. The third kappa shape index (κ3) is 4.12. The van der Waals surface area contributed by atoms with Gasteiger partial charge in [-0.3, -0.25) is 19.1 Å². The lowest BCUT2D eigenvalue weighted by atomic mass is 9.94. The minimum absolute atomic E-state index is 0.0820. The number of aromatic amines is 1. The van der Waals surface area contributed by atoms with E-state index in [1.807, 2.05) is 0 Å². The van der Waals surface area contributed by atoms with Gasteiger partial charge in [-0.25, -0.2) is 9.80 Å². The molecule has 1 fully saturated rings. The number of aromatic nitrogens is 2. The van der Waals surface area contributed by atoms with Gasteiger partial charge in [0.05, 0.1) is 26.0 Å². The van der Waals surface area contributed by atoms with Crippen LogP contribution >= 0.6 is 0 Å². The summed E-state index contributed by atoms with van der Waals surface area (Å²) in [4.78, 5) is 40.0. The molecule has 2 N–H and O–H groups in total. The number of methoxy groups -OCH3 is 2. The summed E-state index contributed by atoms with van der Waals surface area (Å²) in [6, 6.07) is 4.50. The molecule has 1 aliphatic heterocycles. The maximum absolute atomic E-state index is 12.8. The summed E-state index contributed by atoms with van der Waals surface area (Å²) in [5.74, 6) is 0.370. The third-order valence-electron chi connectivity index (χ3n) is 6.38. The first-order chi connectivity index (χ1) is 15.8. The van der Waals surface area contributed by atoms with E-state index in [2.05, 4.69) is 10.1 Å². The summed E-state index contributed by atoms with van der Waals surface area (Å²) in [5.41, 5.74) is -0.528. The Kier molecular flexibility index (Phi) is 6.26. The molecule has 1 aromatic heterocycles. The van der Waals surface area contributed by atoms with Crippen molar-refractivity contribution >= 4 is 11.6 Å². The number of carbonyl (C=O) groups excluding carboxylic acids is 1. The van der Waals surface area contributed by atoms with E-state index in [0.717, 1.165) is 32.1 Å². The van der Waals surface area contributed by atoms with E-state index >= 15 is 0 Å². The molecule has 0 radical (unpaired) electrons. The number of H-pyrrole nitrogens is 1. The fourth-order valence-corrected chi connectivity index (χ4v) is 4.76. The van der Waals surface area contributed by atoms with Gasteiger partial charge in [0.2, 0.25) is 11.8 Å². The van der Waals surface area contributed by atoms with Crippen LogP contribution in [-0.2, 0) is 4.79 Å². The summed E-state index contributed by atoms with van der Waals surface area (Å²) in [5, 5.41) is 16.7. The topological polar surface area (TPSA) is 126 Å². The standard InChI is InChI=1S/C23H28N4O6/c1-13(28)27-18(16-10-9-15(32-2)11-19(16)33-3)12-17(25-27)20-21(29)24-23(31)26(22(20)30)14-7-5-4-6-8-14/h9-11,14,18,30H,4-8,12H2,1-3H3,(H,24,29,31). The molecule has 0 spiro atoms. The van der Waals surface area contributed by atoms with Gasteiger partial charge < -0.3 is 14.6 Å². The number of hydrazone groups is 1. The number of amides is 1. The van der Waals surface area contributed by atoms with Crippen LogP contribution in [0.4, 0.5) is 0 Å². The van der Waals surface area contributed by atoms with E-state index in [0.29, 0.717) is 17.1 Å². The fraction of sp³-hybridized carbons (Fsp3) is 0.478. The number of benzene rings is 1. The zero-order valence-corrected chi connectivity index (χ0v) is 19.0. The second-order valence-corrected chi connectivity index (χ2v) is 8.36. The lowest BCUT2D eigenvalue weighted by Crippen LogP contribution is -2.36. The van der Waals surface area contributed by atoms with Crippen molar-refractivity contribution in [3.05, 3.63) is 50.2 Å². The summed E-state index contributed by atoms with van der Waals surface area (Å²) < 4.78 is 12.0. The molecular formula is C23H28N4O6. The summed E-state index contributed by atoms with van der Waals surface area (Å²) in [6.07, 6.45) is 4.63. The Morgan fingerprint density at radius 1 is 1.15 bits per heavy atom. The molecule has 1 aromatic carbocycles. The molecule has 176 valence electrons. The largest absolute Gasteiger partial charge is 0.497 e. The minimum atomic E-state index is -0.728. The van der Waals surface area contributed by atoms with Crippen molar-refractivity contribution in [2.24, 2.45) is 5.10 Å². The highest BCUT2D eigenvalue weighted by Crippen LogP contribution is 2.40. The highest BCUT2D eigenvalue weighted by molar-refractivity contribution is 6.04. The Bertz CT molecular complexity index is 1210. The summed E-state index contributed by atoms with van der Waals surface area (Å²) >= 11 is 0. The molecule has 10 nitrogen and oxygen atoms in total. The molecule has 4 rings (SSSR count). The Labute approximate surface area is 190 Å². The van der Waals surface area contributed by atoms with Gasteiger partial charge in [-0.15, -0.1) is 0 Å². The molecule has 1 saturated carbocycles. The molecule has 1 amide bonds. The van der Waals surface area contributed by atoms with Crippen LogP contribution < -0.4 is 20.7 Å². The molecule has 2 aromatic rings. The molecule has 33 heavy (non-hydrogen) atoms. The van der Waals surface area contributed by atoms with Crippen LogP contribution in [0.25, 0.3) is 0 Å². The minimum Gasteiger partial charge on any atom is -0.497 e. The maximum atomic E-state index is 12.8. The quantitative estimate of drug-likeness (QED) is 0.712. The van der Waals surface area contributed by atoms with Crippen molar-refractivity contribution in [1.82, 2.24) is 14.6 Å². The van der Waals surface area contributed by atoms with Crippen molar-refractivity contribution < 1.29 is 19.4 Å². The molecule has 2 aliphatic rings. The molecule has 2 heterocycles. The number of nitrogens with one attached hydrogen (secondary N) is 1. The van der Waals surface area contributed by atoms with Crippen molar-refractivity contribution in [3.63, 3.8) is 0 Å². The van der Waals surface area contributed by atoms with Gasteiger partial charge in [0.15, 0.2) is 0 Å². The number of carbonyl (C=O) groups is 1. The van der Waals surface area contributed by atoms with Crippen LogP contribution in [0.5, 0.6) is 17.4 Å². The lowest BCUT2D eigenvalue weighted by molar-refractivity contribution is -0.130. The van der Waals surface area contributed by atoms with E-state index in [4.69, 9.17) is 9.47 Å². The molecule has 1 unspecified atom stereocenters. The van der Waals surface area contributed by atoms with Crippen molar-refractivity contribution in [2.45, 2.75) is 57.5 Å². The third-order valence-corrected chi connectivity index (χ3v) is 6.38. The summed E-state index contributed by atoms with van der Waals surface area (Å²) in [6.45, 7) is 1.38. The van der Waals surface area contributed by atoms with Gasteiger partial charge in [-0.05, 0) is 25.0 Å². The van der Waals surface area contributed by atoms with Gasteiger partial charge in [0, 0.05) is 31.0 Å². The molecule has 1 aliphatic carbocycles. The molecule has 1 atom stereocenters. The molecular weight excluding hydrogens is 428 g/mol. The van der Waals surface area contributed by atoms with Crippen LogP contribution in [0.3, 0.4) is 0 Å². The van der Waals surface area contributed by atoms with Crippen LogP contribution in [0, 0.1) is 0 Å². The number of hydrogen-bond acceptors (Lipinski definition) is 7. The smallest absolute Gasteiger partial charge is 0.331 e. The van der Waals surface area contributed by atoms with Gasteiger partial charge >= 0.3 is 5.69 Å². The number of rotatable bonds is 5. The monoisotopic (exact) mass is 456 g/mol. The molecule has 0 bridgehead atoms. The predicted octanol–water partition coefficient (Wildman–Crippen LogP) is 2.46. The van der Waals surface area contributed by atoms with Gasteiger partial charge in [0.25, 0.3) is 5.56 Å². The second kappa shape index (κ2) is 9.13. The molecule has 0 saturated heterocycles. The van der Waals surface area contributed by atoms with Crippen LogP contribution in [0.2, 0.25) is 0 Å². The Morgan fingerprint density at radius 3 is 2.52 bits per heavy atom. The number of nitrogens with zero attached hydrogens (tertiary/aromatic N) is 3. The number of aromatic hydroxyl groups is 1. The fourth-order valence-electron chi connectivity index (χ4n) is 4.76. The van der Waals surface area contributed by atoms with Gasteiger partial charge in [0.1, 0.15) is 17.1 Å². The highest BCUT2D eigenvalue weighted by atomic mass is 16.5. The zero-order valence-electron chi connectivity index (χ0n) is 19.0. The van der Waals surface area contributed by atoms with E-state index in [-0.39, 0.29) is 29.6 Å². The van der Waals surface area contributed by atoms with Gasteiger partial charge in [-0.1, -0.05) is 19.3 Å². The Hall–Kier alpha value is -3.56. The zero-order chi connectivity index (χ0) is 23.7. The van der Waals surface area contributed by atoms with E-state index < -0.39 is 23.2 Å². The summed E-state index contributed by atoms with van der Waals surface area (Å²) in [7, 11) is 3.06. The predicted molar refractivity (Wildman–Crippen MR) is 121 cm³/mol. The average molecular weight is 456 g/mol. The number of ether oxygens (including phenoxy) is 2. The second-order valence-electron chi connectivity index (χ2n) is 8.36. The van der Waals surface area contributed by atoms with Crippen LogP contribution in [-0.4, -0.2) is 45.5 Å². The van der Waals surface area contributed by atoms with E-state index in [1.54, 1.807) is 25.3 Å². The Morgan fingerprint density at radius 2 is 1.88 bits per heavy atom. The van der Waals surface area contributed by atoms with Crippen LogP contribution in [0.1, 0.15) is 68.7 Å². The lowest BCUT2D eigenvalue weighted by Gasteiger charge is -2.25. The molecule has 10 heteroatoms. The first-order valence-corrected chi connectivity index (χ1v) is 11.0. The van der Waals surface area contributed by atoms with E-state index in [1.165, 1.54) is 23.6 Å². The van der Waals surface area contributed by atoms with Crippen molar-refractivity contribution in [3.8, 4) is 17.4 Å². The normalized spacial score (nSPS) is 18.8. The maximum Gasteiger partial charge on any atom is 0.331 e. The first-order valence-electron chi connectivity index (χ1n) is 11.0. The van der Waals surface area contributed by atoms with Gasteiger partial charge in [-0.2, -0.15) is 5.10 Å². The average Bonchev–Trinajstić information content (AvgIpc) is 3.24.